The van der Waals surface area contributed by atoms with E-state index in [0.29, 0.717) is 6.54 Å². The summed E-state index contributed by atoms with van der Waals surface area (Å²) in [6.07, 6.45) is 2.09. The second-order valence-electron chi connectivity index (χ2n) is 5.98. The van der Waals surface area contributed by atoms with E-state index in [4.69, 9.17) is 0 Å². The molecule has 0 heterocycles. The molecule has 0 aromatic rings. The zero-order valence-corrected chi connectivity index (χ0v) is 17.4. The minimum absolute atomic E-state index is 0. The van der Waals surface area contributed by atoms with E-state index < -0.39 is 5.41 Å². The van der Waals surface area contributed by atoms with Crippen molar-refractivity contribution in [3.05, 3.63) is 0 Å². The number of aliphatic imine (C=N–C) groups is 1. The van der Waals surface area contributed by atoms with E-state index in [-0.39, 0.29) is 34.6 Å². The average Bonchev–Trinajstić information content (AvgIpc) is 2.41. The molecule has 0 atom stereocenters. The quantitative estimate of drug-likeness (QED) is 0.329. The number of thioether (sulfide) groups is 1. The van der Waals surface area contributed by atoms with E-state index in [1.165, 1.54) is 0 Å². The highest BCUT2D eigenvalue weighted by atomic mass is 127. The lowest BCUT2D eigenvalue weighted by Gasteiger charge is -2.25. The van der Waals surface area contributed by atoms with E-state index in [1.807, 2.05) is 20.8 Å². The molecule has 7 heteroatoms. The fourth-order valence-electron chi connectivity index (χ4n) is 1.40. The van der Waals surface area contributed by atoms with E-state index >= 15 is 0 Å². The molecule has 0 aromatic carbocycles. The van der Waals surface area contributed by atoms with Crippen molar-refractivity contribution in [3.63, 3.8) is 0 Å². The molecule has 1 amide bonds. The molecule has 0 radical (unpaired) electrons. The lowest BCUT2D eigenvalue weighted by atomic mass is 9.92. The number of hydrogen-bond acceptors (Lipinski definition) is 3. The molecule has 5 nitrogen and oxygen atoms in total. The second kappa shape index (κ2) is 10.5. The summed E-state index contributed by atoms with van der Waals surface area (Å²) in [6, 6.07) is 0. The van der Waals surface area contributed by atoms with Gasteiger partial charge in [-0.15, -0.1) is 24.0 Å². The Bertz CT molecular complexity index is 346. The Morgan fingerprint density at radius 2 is 1.76 bits per heavy atom. The van der Waals surface area contributed by atoms with Gasteiger partial charge in [0.25, 0.3) is 0 Å². The lowest BCUT2D eigenvalue weighted by molar-refractivity contribution is -0.128. The number of nitrogens with zero attached hydrogens (tertiary/aromatic N) is 1. The van der Waals surface area contributed by atoms with Gasteiger partial charge in [0.1, 0.15) is 0 Å². The molecule has 0 aromatic heterocycles. The summed E-state index contributed by atoms with van der Waals surface area (Å²) in [4.78, 5) is 16.3. The number of rotatable bonds is 7. The normalized spacial score (nSPS) is 12.4. The van der Waals surface area contributed by atoms with Gasteiger partial charge in [0.05, 0.1) is 12.0 Å². The summed E-state index contributed by atoms with van der Waals surface area (Å²) in [7, 11) is 1.66. The van der Waals surface area contributed by atoms with Crippen molar-refractivity contribution >= 4 is 47.6 Å². The molecule has 0 spiro atoms. The highest BCUT2D eigenvalue weighted by Crippen LogP contribution is 2.21. The first kappa shape index (κ1) is 23.1. The number of guanidine groups is 1. The Hall–Kier alpha value is -0.180. The number of nitrogens with one attached hydrogen (secondary N) is 3. The van der Waals surface area contributed by atoms with Crippen LogP contribution in [0.15, 0.2) is 4.99 Å². The SMILES string of the molecule is CCNC(=NCC(C)(C)SC)NCC(C)(C)C(=O)NC.I. The van der Waals surface area contributed by atoms with Gasteiger partial charge in [-0.25, -0.2) is 0 Å². The van der Waals surface area contributed by atoms with Crippen LogP contribution in [0.3, 0.4) is 0 Å². The molecule has 0 aliphatic carbocycles. The number of halogens is 1. The number of carbonyl (C=O) groups is 1. The Morgan fingerprint density at radius 3 is 2.19 bits per heavy atom. The largest absolute Gasteiger partial charge is 0.359 e. The molecule has 0 saturated carbocycles. The van der Waals surface area contributed by atoms with Crippen molar-refractivity contribution in [1.82, 2.24) is 16.0 Å². The van der Waals surface area contributed by atoms with Crippen molar-refractivity contribution in [2.24, 2.45) is 10.4 Å². The molecular weight excluding hydrogens is 399 g/mol. The summed E-state index contributed by atoms with van der Waals surface area (Å²) >= 11 is 1.79. The van der Waals surface area contributed by atoms with E-state index in [2.05, 4.69) is 41.0 Å². The molecule has 0 fully saturated rings. The molecule has 0 unspecified atom stereocenters. The molecule has 0 aliphatic heterocycles. The van der Waals surface area contributed by atoms with Gasteiger partial charge in [0, 0.05) is 24.9 Å². The fourth-order valence-corrected chi connectivity index (χ4v) is 1.59. The lowest BCUT2D eigenvalue weighted by Crippen LogP contribution is -2.47. The van der Waals surface area contributed by atoms with Crippen LogP contribution in [0, 0.1) is 5.41 Å². The molecule has 3 N–H and O–H groups in total. The first-order valence-corrected chi connectivity index (χ1v) is 8.20. The predicted octanol–water partition coefficient (Wildman–Crippen LogP) is 2.07. The average molecular weight is 430 g/mol. The van der Waals surface area contributed by atoms with Crippen molar-refractivity contribution in [2.45, 2.75) is 39.4 Å². The minimum atomic E-state index is -0.472. The van der Waals surface area contributed by atoms with Crippen LogP contribution in [0.4, 0.5) is 0 Å². The monoisotopic (exact) mass is 430 g/mol. The molecule has 21 heavy (non-hydrogen) atoms. The van der Waals surface area contributed by atoms with Crippen molar-refractivity contribution in [3.8, 4) is 0 Å². The summed E-state index contributed by atoms with van der Waals surface area (Å²) in [5.41, 5.74) is -0.472. The van der Waals surface area contributed by atoms with Crippen LogP contribution in [0.1, 0.15) is 34.6 Å². The first-order valence-electron chi connectivity index (χ1n) is 6.98. The van der Waals surface area contributed by atoms with Gasteiger partial charge in [-0.05, 0) is 40.9 Å². The van der Waals surface area contributed by atoms with Crippen molar-refractivity contribution in [1.29, 1.82) is 0 Å². The molecule has 0 aliphatic rings. The molecule has 0 bridgehead atoms. The Kier molecular flexibility index (Phi) is 11.6. The van der Waals surface area contributed by atoms with Gasteiger partial charge >= 0.3 is 0 Å². The summed E-state index contributed by atoms with van der Waals surface area (Å²) in [5.74, 6) is 0.775. The number of carbonyl (C=O) groups excluding carboxylic acids is 1. The van der Waals surface area contributed by atoms with Gasteiger partial charge in [-0.3, -0.25) is 9.79 Å². The predicted molar refractivity (Wildman–Crippen MR) is 105 cm³/mol. The van der Waals surface area contributed by atoms with Gasteiger partial charge < -0.3 is 16.0 Å². The maximum atomic E-state index is 11.8. The summed E-state index contributed by atoms with van der Waals surface area (Å²) in [6.45, 7) is 12.2. The molecule has 126 valence electrons. The maximum Gasteiger partial charge on any atom is 0.227 e. The summed E-state index contributed by atoms with van der Waals surface area (Å²) < 4.78 is 0.110. The van der Waals surface area contributed by atoms with Crippen molar-refractivity contribution < 1.29 is 4.79 Å². The van der Waals surface area contributed by atoms with Crippen molar-refractivity contribution in [2.75, 3.05) is 32.9 Å². The third-order valence-electron chi connectivity index (χ3n) is 3.05. The zero-order chi connectivity index (χ0) is 15.8. The maximum absolute atomic E-state index is 11.8. The van der Waals surface area contributed by atoms with Gasteiger partial charge in [-0.1, -0.05) is 0 Å². The molecule has 0 saturated heterocycles. The number of hydrogen-bond donors (Lipinski definition) is 3. The highest BCUT2D eigenvalue weighted by Gasteiger charge is 2.26. The van der Waals surface area contributed by atoms with Crippen LogP contribution >= 0.6 is 35.7 Å². The Labute approximate surface area is 150 Å². The van der Waals surface area contributed by atoms with Crippen LogP contribution in [-0.4, -0.2) is 49.6 Å². The third-order valence-corrected chi connectivity index (χ3v) is 4.29. The fraction of sp³-hybridized carbons (Fsp3) is 0.857. The zero-order valence-electron chi connectivity index (χ0n) is 14.3. The van der Waals surface area contributed by atoms with Crippen LogP contribution in [0.25, 0.3) is 0 Å². The van der Waals surface area contributed by atoms with E-state index in [1.54, 1.807) is 18.8 Å². The third kappa shape index (κ3) is 9.44. The molecular formula is C14H31IN4OS. The van der Waals surface area contributed by atoms with E-state index in [0.717, 1.165) is 19.0 Å². The van der Waals surface area contributed by atoms with Gasteiger partial charge in [0.15, 0.2) is 5.96 Å². The standard InChI is InChI=1S/C14H30N4OS.HI/c1-8-16-12(18-10-14(4,5)20-7)17-9-13(2,3)11(19)15-6;/h8-10H2,1-7H3,(H,15,19)(H2,16,17,18);1H. The van der Waals surface area contributed by atoms with Gasteiger partial charge in [-0.2, -0.15) is 11.8 Å². The molecule has 0 rings (SSSR count). The number of amides is 1. The highest BCUT2D eigenvalue weighted by molar-refractivity contribution is 14.0. The Morgan fingerprint density at radius 1 is 1.19 bits per heavy atom. The Balaban J connectivity index is 0. The summed E-state index contributed by atoms with van der Waals surface area (Å²) in [5, 5.41) is 9.13. The van der Waals surface area contributed by atoms with Crippen LogP contribution in [0.2, 0.25) is 0 Å². The second-order valence-corrected chi connectivity index (χ2v) is 7.49. The first-order chi connectivity index (χ1) is 9.18. The van der Waals surface area contributed by atoms with Crippen LogP contribution < -0.4 is 16.0 Å². The minimum Gasteiger partial charge on any atom is -0.359 e. The topological polar surface area (TPSA) is 65.5 Å². The van der Waals surface area contributed by atoms with Crippen LogP contribution in [-0.2, 0) is 4.79 Å². The smallest absolute Gasteiger partial charge is 0.227 e. The van der Waals surface area contributed by atoms with E-state index in [9.17, 15) is 4.79 Å². The van der Waals surface area contributed by atoms with Crippen LogP contribution in [0.5, 0.6) is 0 Å². The van der Waals surface area contributed by atoms with Gasteiger partial charge in [0.2, 0.25) is 5.91 Å².